The lowest BCUT2D eigenvalue weighted by molar-refractivity contribution is -0.252. The summed E-state index contributed by atoms with van der Waals surface area (Å²) in [6.07, 6.45) is 1.13. The second-order valence-corrected chi connectivity index (χ2v) is 6.85. The lowest BCUT2D eigenvalue weighted by atomic mass is 9.34. The monoisotopic (exact) mass is 234 g/mol. The van der Waals surface area contributed by atoms with E-state index in [1.54, 1.807) is 0 Å². The summed E-state index contributed by atoms with van der Waals surface area (Å²) >= 11 is 0. The van der Waals surface area contributed by atoms with Gasteiger partial charge in [0.25, 0.3) is 0 Å². The molecule has 17 heavy (non-hydrogen) atoms. The van der Waals surface area contributed by atoms with Crippen molar-refractivity contribution in [2.24, 2.45) is 46.8 Å². The maximum absolute atomic E-state index is 11.9. The smallest absolute Gasteiger partial charge is 0.310 e. The minimum Gasteiger partial charge on any atom is -0.481 e. The van der Waals surface area contributed by atoms with E-state index in [1.165, 1.54) is 0 Å². The van der Waals surface area contributed by atoms with E-state index in [-0.39, 0.29) is 5.92 Å². The van der Waals surface area contributed by atoms with E-state index in [2.05, 4.69) is 0 Å². The molecule has 1 N–H and O–H groups in total. The van der Waals surface area contributed by atoms with Crippen molar-refractivity contribution in [3.05, 3.63) is 0 Å². The zero-order chi connectivity index (χ0) is 11.2. The fourth-order valence-corrected chi connectivity index (χ4v) is 7.51. The summed E-state index contributed by atoms with van der Waals surface area (Å²) in [6, 6.07) is 0. The maximum Gasteiger partial charge on any atom is 0.310 e. The van der Waals surface area contributed by atoms with Crippen LogP contribution in [0.2, 0.25) is 0 Å². The normalized spacial score (nSPS) is 69.8. The van der Waals surface area contributed by atoms with Crippen molar-refractivity contribution in [1.29, 1.82) is 0 Å². The number of ether oxygens (including phenoxy) is 2. The molecule has 0 aromatic rings. The van der Waals surface area contributed by atoms with E-state index >= 15 is 0 Å². The first-order chi connectivity index (χ1) is 8.24. The summed E-state index contributed by atoms with van der Waals surface area (Å²) in [4.78, 5) is 11.9. The Hall–Kier alpha value is -0.610. The summed E-state index contributed by atoms with van der Waals surface area (Å²) in [6.45, 7) is 1.31. The van der Waals surface area contributed by atoms with E-state index in [0.717, 1.165) is 12.3 Å². The lowest BCUT2D eigenvalue weighted by Crippen LogP contribution is -2.70. The van der Waals surface area contributed by atoms with E-state index < -0.39 is 17.2 Å². The zero-order valence-corrected chi connectivity index (χ0v) is 9.33. The predicted octanol–water partition coefficient (Wildman–Crippen LogP) is 0.572. The topological polar surface area (TPSA) is 55.8 Å². The third-order valence-corrected chi connectivity index (χ3v) is 7.26. The molecule has 1 aliphatic heterocycles. The van der Waals surface area contributed by atoms with Crippen LogP contribution in [0.15, 0.2) is 0 Å². The molecule has 7 fully saturated rings. The summed E-state index contributed by atoms with van der Waals surface area (Å²) in [5, 5.41) is 9.76. The van der Waals surface area contributed by atoms with Gasteiger partial charge in [-0.1, -0.05) is 0 Å². The van der Waals surface area contributed by atoms with Gasteiger partial charge < -0.3 is 14.6 Å². The Morgan fingerprint density at radius 2 is 1.94 bits per heavy atom. The van der Waals surface area contributed by atoms with Crippen LogP contribution in [0.25, 0.3) is 0 Å². The van der Waals surface area contributed by atoms with Crippen molar-refractivity contribution < 1.29 is 19.4 Å². The standard InChI is InChI=1S/C13H14O4/c14-11(15)12-5-3-4-6-7(5)8(12)9(6)13(10(4)12)16-1-2-17-13/h4-10H,1-3H2,(H,14,15)/t4-,5+,6-,7-,8-,9-,10-,12-/m1/s1. The van der Waals surface area contributed by atoms with Gasteiger partial charge in [0.05, 0.1) is 18.6 Å². The van der Waals surface area contributed by atoms with Gasteiger partial charge in [0.2, 0.25) is 0 Å². The van der Waals surface area contributed by atoms with E-state index in [0.29, 0.717) is 42.8 Å². The van der Waals surface area contributed by atoms with Crippen molar-refractivity contribution in [2.45, 2.75) is 12.2 Å². The van der Waals surface area contributed by atoms with Gasteiger partial charge in [-0.05, 0) is 36.0 Å². The van der Waals surface area contributed by atoms with Crippen LogP contribution in [0.4, 0.5) is 0 Å². The first-order valence-electron chi connectivity index (χ1n) is 6.76. The third kappa shape index (κ3) is 0.473. The van der Waals surface area contributed by atoms with Crippen LogP contribution in [0, 0.1) is 46.8 Å². The second-order valence-electron chi connectivity index (χ2n) is 6.85. The number of carboxylic acid groups (broad SMARTS) is 1. The molecule has 1 saturated heterocycles. The molecule has 90 valence electrons. The molecule has 0 amide bonds. The highest BCUT2D eigenvalue weighted by Crippen LogP contribution is 2.96. The molecule has 1 heterocycles. The molecule has 0 radical (unpaired) electrons. The first kappa shape index (κ1) is 8.48. The van der Waals surface area contributed by atoms with Crippen LogP contribution < -0.4 is 0 Å². The van der Waals surface area contributed by atoms with Crippen LogP contribution in [-0.2, 0) is 14.3 Å². The molecule has 4 heteroatoms. The summed E-state index contributed by atoms with van der Waals surface area (Å²) in [5.74, 6) is 2.44. The fraction of sp³-hybridized carbons (Fsp3) is 0.923. The molecule has 6 saturated carbocycles. The molecule has 1 spiro atoms. The Kier molecular flexibility index (Phi) is 0.975. The summed E-state index contributed by atoms with van der Waals surface area (Å²) in [7, 11) is 0. The minimum absolute atomic E-state index is 0.171. The van der Waals surface area contributed by atoms with Gasteiger partial charge in [0.1, 0.15) is 0 Å². The SMILES string of the molecule is O=C(O)[C@@]12[C@@H]3[C@H]4[C@H]5[C@@H](C[C@@H]41)[C@H]2C1(OCCO1)[C@H]53. The predicted molar refractivity (Wildman–Crippen MR) is 53.8 cm³/mol. The fourth-order valence-electron chi connectivity index (χ4n) is 7.51. The van der Waals surface area contributed by atoms with Gasteiger partial charge in [0, 0.05) is 11.8 Å². The van der Waals surface area contributed by atoms with Crippen molar-refractivity contribution in [3.8, 4) is 0 Å². The minimum atomic E-state index is -0.560. The molecule has 0 unspecified atom stereocenters. The van der Waals surface area contributed by atoms with Gasteiger partial charge in [-0.25, -0.2) is 0 Å². The van der Waals surface area contributed by atoms with Crippen molar-refractivity contribution in [3.63, 3.8) is 0 Å². The van der Waals surface area contributed by atoms with Crippen LogP contribution in [0.5, 0.6) is 0 Å². The van der Waals surface area contributed by atoms with Crippen LogP contribution in [0.3, 0.4) is 0 Å². The van der Waals surface area contributed by atoms with Crippen LogP contribution in [-0.4, -0.2) is 30.1 Å². The number of carbonyl (C=O) groups is 1. The Bertz CT molecular complexity index is 482. The largest absolute Gasteiger partial charge is 0.481 e. The molecule has 7 aliphatic rings. The average molecular weight is 234 g/mol. The molecule has 6 aliphatic carbocycles. The third-order valence-electron chi connectivity index (χ3n) is 7.26. The molecule has 4 bridgehead atoms. The van der Waals surface area contributed by atoms with Gasteiger partial charge in [-0.3, -0.25) is 4.79 Å². The van der Waals surface area contributed by atoms with Crippen LogP contribution >= 0.6 is 0 Å². The lowest BCUT2D eigenvalue weighted by Gasteiger charge is -2.67. The van der Waals surface area contributed by atoms with Gasteiger partial charge in [-0.2, -0.15) is 0 Å². The second kappa shape index (κ2) is 1.95. The molecular formula is C13H14O4. The average Bonchev–Trinajstić information content (AvgIpc) is 2.92. The first-order valence-corrected chi connectivity index (χ1v) is 6.76. The van der Waals surface area contributed by atoms with E-state index in [4.69, 9.17) is 9.47 Å². The van der Waals surface area contributed by atoms with E-state index in [1.807, 2.05) is 0 Å². The highest BCUT2D eigenvalue weighted by atomic mass is 16.7. The summed E-state index contributed by atoms with van der Waals surface area (Å²) in [5.41, 5.74) is -0.445. The maximum atomic E-state index is 11.9. The Balaban J connectivity index is 1.64. The van der Waals surface area contributed by atoms with Crippen molar-refractivity contribution >= 4 is 5.97 Å². The Labute approximate surface area is 98.3 Å². The quantitative estimate of drug-likeness (QED) is 0.720. The molecule has 4 nitrogen and oxygen atoms in total. The van der Waals surface area contributed by atoms with Gasteiger partial charge >= 0.3 is 5.97 Å². The van der Waals surface area contributed by atoms with Crippen molar-refractivity contribution in [1.82, 2.24) is 0 Å². The number of rotatable bonds is 1. The van der Waals surface area contributed by atoms with Gasteiger partial charge in [0.15, 0.2) is 5.79 Å². The molecule has 0 aromatic heterocycles. The number of aliphatic carboxylic acids is 1. The molecular weight excluding hydrogens is 220 g/mol. The highest BCUT2D eigenvalue weighted by Gasteiger charge is 3.00. The number of hydrogen-bond donors (Lipinski definition) is 1. The molecule has 8 atom stereocenters. The van der Waals surface area contributed by atoms with Gasteiger partial charge in [-0.15, -0.1) is 0 Å². The number of hydrogen-bond acceptors (Lipinski definition) is 3. The van der Waals surface area contributed by atoms with E-state index in [9.17, 15) is 9.90 Å². The number of carboxylic acids is 1. The highest BCUT2D eigenvalue weighted by molar-refractivity contribution is 5.82. The Morgan fingerprint density at radius 1 is 1.18 bits per heavy atom. The molecule has 0 aromatic carbocycles. The van der Waals surface area contributed by atoms with Crippen molar-refractivity contribution in [2.75, 3.05) is 13.2 Å². The molecule has 7 rings (SSSR count). The van der Waals surface area contributed by atoms with Crippen LogP contribution in [0.1, 0.15) is 6.42 Å². The zero-order valence-electron chi connectivity index (χ0n) is 9.33. The Morgan fingerprint density at radius 3 is 2.65 bits per heavy atom. The summed E-state index contributed by atoms with van der Waals surface area (Å²) < 4.78 is 11.9.